The standard InChI is InChI=1S/C18H19Cl2F/c1-11(2)15-6-4-5-14(18(15)21)9-12(3)13-7-8-16(19)17(20)10-13/h4-8,10-12H,9H2,1-3H3. The molecule has 0 N–H and O–H groups in total. The largest absolute Gasteiger partial charge is 0.206 e. The maximum absolute atomic E-state index is 14.5. The second-order valence-electron chi connectivity index (χ2n) is 5.75. The first-order chi connectivity index (χ1) is 9.90. The van der Waals surface area contributed by atoms with E-state index >= 15 is 0 Å². The van der Waals surface area contributed by atoms with Crippen LogP contribution in [0.4, 0.5) is 4.39 Å². The Morgan fingerprint density at radius 2 is 1.71 bits per heavy atom. The molecule has 0 fully saturated rings. The van der Waals surface area contributed by atoms with Crippen molar-refractivity contribution in [1.82, 2.24) is 0 Å². The second kappa shape index (κ2) is 6.81. The van der Waals surface area contributed by atoms with Gasteiger partial charge in [-0.15, -0.1) is 0 Å². The van der Waals surface area contributed by atoms with E-state index in [9.17, 15) is 4.39 Å². The SMILES string of the molecule is CC(C)c1cccc(CC(C)c2ccc(Cl)c(Cl)c2)c1F. The van der Waals surface area contributed by atoms with Crippen LogP contribution in [0.15, 0.2) is 36.4 Å². The third-order valence-corrected chi connectivity index (χ3v) is 4.51. The Morgan fingerprint density at radius 1 is 1.00 bits per heavy atom. The molecule has 0 aromatic heterocycles. The fourth-order valence-corrected chi connectivity index (χ4v) is 2.78. The lowest BCUT2D eigenvalue weighted by Gasteiger charge is -2.16. The van der Waals surface area contributed by atoms with E-state index < -0.39 is 0 Å². The molecule has 0 aliphatic rings. The van der Waals surface area contributed by atoms with Crippen LogP contribution in [0.1, 0.15) is 49.3 Å². The molecule has 0 saturated heterocycles. The Hall–Kier alpha value is -1.05. The number of hydrogen-bond acceptors (Lipinski definition) is 0. The summed E-state index contributed by atoms with van der Waals surface area (Å²) < 4.78 is 14.5. The van der Waals surface area contributed by atoms with Crippen LogP contribution in [0.25, 0.3) is 0 Å². The molecule has 0 radical (unpaired) electrons. The Kier molecular flexibility index (Phi) is 5.29. The quantitative estimate of drug-likeness (QED) is 0.594. The van der Waals surface area contributed by atoms with Crippen LogP contribution in [0.3, 0.4) is 0 Å². The molecule has 1 unspecified atom stereocenters. The molecule has 0 aliphatic carbocycles. The molecule has 0 nitrogen and oxygen atoms in total. The highest BCUT2D eigenvalue weighted by Gasteiger charge is 2.15. The fourth-order valence-electron chi connectivity index (χ4n) is 2.47. The normalized spacial score (nSPS) is 12.7. The van der Waals surface area contributed by atoms with E-state index in [0.29, 0.717) is 16.5 Å². The zero-order valence-corrected chi connectivity index (χ0v) is 14.0. The van der Waals surface area contributed by atoms with Crippen molar-refractivity contribution in [3.63, 3.8) is 0 Å². The third kappa shape index (κ3) is 3.78. The zero-order chi connectivity index (χ0) is 15.6. The molecule has 112 valence electrons. The van der Waals surface area contributed by atoms with Crippen LogP contribution in [0, 0.1) is 5.82 Å². The van der Waals surface area contributed by atoms with Crippen LogP contribution in [0.2, 0.25) is 10.0 Å². The van der Waals surface area contributed by atoms with Gasteiger partial charge in [0.1, 0.15) is 5.82 Å². The smallest absolute Gasteiger partial charge is 0.129 e. The first kappa shape index (κ1) is 16.3. The molecule has 0 saturated carbocycles. The van der Waals surface area contributed by atoms with Gasteiger partial charge < -0.3 is 0 Å². The Morgan fingerprint density at radius 3 is 2.33 bits per heavy atom. The molecule has 21 heavy (non-hydrogen) atoms. The minimum atomic E-state index is -0.0839. The van der Waals surface area contributed by atoms with E-state index in [-0.39, 0.29) is 17.7 Å². The van der Waals surface area contributed by atoms with Crippen LogP contribution in [-0.4, -0.2) is 0 Å². The van der Waals surface area contributed by atoms with E-state index in [0.717, 1.165) is 16.7 Å². The lowest BCUT2D eigenvalue weighted by molar-refractivity contribution is 0.573. The monoisotopic (exact) mass is 324 g/mol. The summed E-state index contributed by atoms with van der Waals surface area (Å²) >= 11 is 12.0. The summed E-state index contributed by atoms with van der Waals surface area (Å²) in [5.74, 6) is 0.279. The molecule has 0 heterocycles. The molecule has 2 aromatic carbocycles. The minimum absolute atomic E-state index is 0.0839. The predicted molar refractivity (Wildman–Crippen MR) is 89.1 cm³/mol. The maximum atomic E-state index is 14.5. The number of halogens is 3. The van der Waals surface area contributed by atoms with Gasteiger partial charge in [0.05, 0.1) is 10.0 Å². The molecule has 1 atom stereocenters. The highest BCUT2D eigenvalue weighted by Crippen LogP contribution is 2.30. The van der Waals surface area contributed by atoms with Gasteiger partial charge in [0.25, 0.3) is 0 Å². The van der Waals surface area contributed by atoms with Gasteiger partial charge in [-0.1, -0.05) is 68.2 Å². The van der Waals surface area contributed by atoms with Gasteiger partial charge in [-0.25, -0.2) is 4.39 Å². The van der Waals surface area contributed by atoms with Crippen molar-refractivity contribution in [3.05, 3.63) is 69.0 Å². The van der Waals surface area contributed by atoms with Gasteiger partial charge in [0.2, 0.25) is 0 Å². The van der Waals surface area contributed by atoms with Gasteiger partial charge in [-0.3, -0.25) is 0 Å². The Bertz CT molecular complexity index is 635. The highest BCUT2D eigenvalue weighted by molar-refractivity contribution is 6.42. The molecule has 2 rings (SSSR count). The number of hydrogen-bond donors (Lipinski definition) is 0. The van der Waals surface area contributed by atoms with Gasteiger partial charge in [-0.2, -0.15) is 0 Å². The lowest BCUT2D eigenvalue weighted by Crippen LogP contribution is -2.04. The van der Waals surface area contributed by atoms with Gasteiger partial charge in [0, 0.05) is 0 Å². The van der Waals surface area contributed by atoms with Crippen LogP contribution in [0.5, 0.6) is 0 Å². The van der Waals surface area contributed by atoms with E-state index in [1.54, 1.807) is 6.07 Å². The average Bonchev–Trinajstić information content (AvgIpc) is 2.43. The van der Waals surface area contributed by atoms with Crippen LogP contribution in [-0.2, 0) is 6.42 Å². The van der Waals surface area contributed by atoms with Gasteiger partial charge in [0.15, 0.2) is 0 Å². The highest BCUT2D eigenvalue weighted by atomic mass is 35.5. The minimum Gasteiger partial charge on any atom is -0.206 e. The van der Waals surface area contributed by atoms with E-state index in [2.05, 4.69) is 6.92 Å². The third-order valence-electron chi connectivity index (χ3n) is 3.77. The summed E-state index contributed by atoms with van der Waals surface area (Å²) in [5.41, 5.74) is 2.59. The average molecular weight is 325 g/mol. The predicted octanol–water partition coefficient (Wildman–Crippen LogP) is 6.60. The molecule has 2 aromatic rings. The van der Waals surface area contributed by atoms with Crippen molar-refractivity contribution in [2.45, 2.75) is 39.0 Å². The van der Waals surface area contributed by atoms with Crippen molar-refractivity contribution in [1.29, 1.82) is 0 Å². The number of benzene rings is 2. The lowest BCUT2D eigenvalue weighted by atomic mass is 9.91. The summed E-state index contributed by atoms with van der Waals surface area (Å²) in [6.07, 6.45) is 0.643. The fraction of sp³-hybridized carbons (Fsp3) is 0.333. The van der Waals surface area contributed by atoms with Crippen LogP contribution < -0.4 is 0 Å². The van der Waals surface area contributed by atoms with Crippen molar-refractivity contribution >= 4 is 23.2 Å². The van der Waals surface area contributed by atoms with Gasteiger partial charge >= 0.3 is 0 Å². The van der Waals surface area contributed by atoms with Crippen molar-refractivity contribution in [2.24, 2.45) is 0 Å². The molecule has 0 aliphatic heterocycles. The van der Waals surface area contributed by atoms with Crippen molar-refractivity contribution in [2.75, 3.05) is 0 Å². The summed E-state index contributed by atoms with van der Waals surface area (Å²) in [7, 11) is 0. The molecular weight excluding hydrogens is 306 g/mol. The molecule has 0 amide bonds. The number of rotatable bonds is 4. The summed E-state index contributed by atoms with van der Waals surface area (Å²) in [6.45, 7) is 6.08. The van der Waals surface area contributed by atoms with E-state index in [4.69, 9.17) is 23.2 Å². The molecule has 0 bridgehead atoms. The second-order valence-corrected chi connectivity index (χ2v) is 6.57. The molecular formula is C18H19Cl2F. The van der Waals surface area contributed by atoms with Crippen molar-refractivity contribution in [3.8, 4) is 0 Å². The topological polar surface area (TPSA) is 0 Å². The Balaban J connectivity index is 2.25. The summed E-state index contributed by atoms with van der Waals surface area (Å²) in [6, 6.07) is 11.2. The zero-order valence-electron chi connectivity index (χ0n) is 12.5. The molecule has 3 heteroatoms. The Labute approximate surface area is 135 Å². The summed E-state index contributed by atoms with van der Waals surface area (Å²) in [4.78, 5) is 0. The van der Waals surface area contributed by atoms with E-state index in [1.165, 1.54) is 0 Å². The van der Waals surface area contributed by atoms with Crippen molar-refractivity contribution < 1.29 is 4.39 Å². The maximum Gasteiger partial charge on any atom is 0.129 e. The first-order valence-corrected chi connectivity index (χ1v) is 7.88. The van der Waals surface area contributed by atoms with Gasteiger partial charge in [-0.05, 0) is 47.1 Å². The van der Waals surface area contributed by atoms with Crippen LogP contribution >= 0.6 is 23.2 Å². The van der Waals surface area contributed by atoms with E-state index in [1.807, 2.05) is 44.2 Å². The first-order valence-electron chi connectivity index (χ1n) is 7.12. The summed E-state index contributed by atoms with van der Waals surface area (Å²) in [5, 5.41) is 1.08. The molecule has 0 spiro atoms.